The molecule has 0 radical (unpaired) electrons. The average molecular weight is 338 g/mol. The number of allylic oxidation sites excluding steroid dienone is 2. The first-order valence-electron chi connectivity index (χ1n) is 8.29. The van der Waals surface area contributed by atoms with Crippen molar-refractivity contribution in [2.45, 2.75) is 19.8 Å². The topological polar surface area (TPSA) is 80.9 Å². The molecule has 1 amide bonds. The molecular formula is C19H18N2O4. The fourth-order valence-corrected chi connectivity index (χ4v) is 3.37. The largest absolute Gasteiger partial charge is 0.484 e. The number of benzene rings is 1. The van der Waals surface area contributed by atoms with Crippen LogP contribution in [-0.2, 0) is 4.79 Å². The molecule has 1 aromatic heterocycles. The summed E-state index contributed by atoms with van der Waals surface area (Å²) in [5.41, 5.74) is 4.47. The van der Waals surface area contributed by atoms with Gasteiger partial charge in [0.05, 0.1) is 0 Å². The van der Waals surface area contributed by atoms with Crippen molar-refractivity contribution in [1.29, 1.82) is 0 Å². The van der Waals surface area contributed by atoms with E-state index in [2.05, 4.69) is 22.7 Å². The zero-order valence-electron chi connectivity index (χ0n) is 13.8. The summed E-state index contributed by atoms with van der Waals surface area (Å²) in [4.78, 5) is 23.3. The molecule has 0 saturated heterocycles. The number of rotatable bonds is 4. The number of carbonyl (C=O) groups excluding carboxylic acids is 1. The van der Waals surface area contributed by atoms with Crippen LogP contribution < -0.4 is 15.8 Å². The molecule has 2 aliphatic carbocycles. The summed E-state index contributed by atoms with van der Waals surface area (Å²) in [6, 6.07) is 6.61. The van der Waals surface area contributed by atoms with Crippen LogP contribution in [0.3, 0.4) is 0 Å². The lowest BCUT2D eigenvalue weighted by molar-refractivity contribution is -0.123. The van der Waals surface area contributed by atoms with E-state index in [9.17, 15) is 9.59 Å². The zero-order chi connectivity index (χ0) is 17.4. The third kappa shape index (κ3) is 3.07. The van der Waals surface area contributed by atoms with Crippen LogP contribution in [0.1, 0.15) is 18.4 Å². The first-order chi connectivity index (χ1) is 12.1. The molecule has 2 atom stereocenters. The highest BCUT2D eigenvalue weighted by Gasteiger charge is 2.37. The van der Waals surface area contributed by atoms with Crippen LogP contribution in [0.4, 0.5) is 0 Å². The van der Waals surface area contributed by atoms with Gasteiger partial charge in [-0.3, -0.25) is 4.79 Å². The van der Waals surface area contributed by atoms with Gasteiger partial charge in [0, 0.05) is 29.1 Å². The van der Waals surface area contributed by atoms with Crippen LogP contribution in [0.25, 0.3) is 11.0 Å². The maximum atomic E-state index is 11.9. The van der Waals surface area contributed by atoms with E-state index in [4.69, 9.17) is 9.15 Å². The third-order valence-electron chi connectivity index (χ3n) is 4.78. The van der Waals surface area contributed by atoms with Crippen LogP contribution in [0.5, 0.6) is 5.75 Å². The SMILES string of the molecule is Cc1cc(=O)oc2cc(OCC(=O)N/N=C3/C[C@@H]4C=CC[C@H]34)ccc12. The minimum absolute atomic E-state index is 0.148. The van der Waals surface area contributed by atoms with Gasteiger partial charge in [0.15, 0.2) is 6.61 Å². The van der Waals surface area contributed by atoms with Crippen LogP contribution in [0.15, 0.2) is 50.7 Å². The van der Waals surface area contributed by atoms with Gasteiger partial charge in [-0.1, -0.05) is 12.2 Å². The molecule has 0 unspecified atom stereocenters. The Morgan fingerprint density at radius 2 is 2.28 bits per heavy atom. The summed E-state index contributed by atoms with van der Waals surface area (Å²) < 4.78 is 10.6. The maximum absolute atomic E-state index is 11.9. The summed E-state index contributed by atoms with van der Waals surface area (Å²) in [5, 5.41) is 5.04. The minimum atomic E-state index is -0.407. The Balaban J connectivity index is 1.36. The lowest BCUT2D eigenvalue weighted by Crippen LogP contribution is -2.36. The number of aryl methyl sites for hydroxylation is 1. The van der Waals surface area contributed by atoms with E-state index >= 15 is 0 Å². The second-order valence-electron chi connectivity index (χ2n) is 6.47. The van der Waals surface area contributed by atoms with Gasteiger partial charge in [-0.2, -0.15) is 5.10 Å². The van der Waals surface area contributed by atoms with Crippen molar-refractivity contribution in [1.82, 2.24) is 5.43 Å². The van der Waals surface area contributed by atoms with E-state index < -0.39 is 5.63 Å². The highest BCUT2D eigenvalue weighted by molar-refractivity contribution is 5.95. The van der Waals surface area contributed by atoms with Gasteiger partial charge in [-0.25, -0.2) is 10.2 Å². The van der Waals surface area contributed by atoms with Crippen molar-refractivity contribution in [2.75, 3.05) is 6.61 Å². The van der Waals surface area contributed by atoms with Crippen molar-refractivity contribution in [3.05, 3.63) is 52.4 Å². The van der Waals surface area contributed by atoms with Gasteiger partial charge < -0.3 is 9.15 Å². The first kappa shape index (κ1) is 15.6. The number of ether oxygens (including phenoxy) is 1. The average Bonchev–Trinajstić information content (AvgIpc) is 2.93. The zero-order valence-corrected chi connectivity index (χ0v) is 13.8. The molecule has 2 aliphatic rings. The Morgan fingerprint density at radius 1 is 1.40 bits per heavy atom. The predicted octanol–water partition coefficient (Wildman–Crippen LogP) is 2.55. The molecular weight excluding hydrogens is 320 g/mol. The van der Waals surface area contributed by atoms with Gasteiger partial charge in [0.2, 0.25) is 0 Å². The molecule has 0 bridgehead atoms. The number of amides is 1. The van der Waals surface area contributed by atoms with Crippen LogP contribution in [-0.4, -0.2) is 18.2 Å². The number of nitrogens with one attached hydrogen (secondary N) is 1. The molecule has 128 valence electrons. The Kier molecular flexibility index (Phi) is 3.87. The minimum Gasteiger partial charge on any atom is -0.484 e. The Morgan fingerprint density at radius 3 is 3.12 bits per heavy atom. The summed E-state index contributed by atoms with van der Waals surface area (Å²) >= 11 is 0. The number of hydrazone groups is 1. The standard InChI is InChI=1S/C19H18N2O4/c1-11-7-19(23)25-17-9-13(5-6-14(11)17)24-10-18(22)21-20-16-8-12-3-2-4-15(12)16/h2-3,5-7,9,12,15H,4,8,10H2,1H3,(H,21,22)/b20-16-/t12-,15-/m0/s1. The van der Waals surface area contributed by atoms with Crippen molar-refractivity contribution in [3.63, 3.8) is 0 Å². The van der Waals surface area contributed by atoms with Gasteiger partial charge in [0.25, 0.3) is 5.91 Å². The molecule has 6 heteroatoms. The molecule has 1 saturated carbocycles. The van der Waals surface area contributed by atoms with Crippen molar-refractivity contribution >= 4 is 22.6 Å². The molecule has 0 aliphatic heterocycles. The molecule has 1 fully saturated rings. The summed E-state index contributed by atoms with van der Waals surface area (Å²) in [6.07, 6.45) is 6.32. The molecule has 4 rings (SSSR count). The second-order valence-corrected chi connectivity index (χ2v) is 6.47. The fourth-order valence-electron chi connectivity index (χ4n) is 3.37. The van der Waals surface area contributed by atoms with E-state index in [0.717, 1.165) is 29.5 Å². The van der Waals surface area contributed by atoms with Crippen molar-refractivity contribution in [2.24, 2.45) is 16.9 Å². The molecule has 1 heterocycles. The van der Waals surface area contributed by atoms with Crippen LogP contribution in [0, 0.1) is 18.8 Å². The number of nitrogens with zero attached hydrogens (tertiary/aromatic N) is 1. The van der Waals surface area contributed by atoms with E-state index in [1.807, 2.05) is 13.0 Å². The lowest BCUT2D eigenvalue weighted by Gasteiger charge is -2.31. The summed E-state index contributed by atoms with van der Waals surface area (Å²) in [5.74, 6) is 1.22. The van der Waals surface area contributed by atoms with E-state index in [1.165, 1.54) is 6.07 Å². The Labute approximate surface area is 144 Å². The van der Waals surface area contributed by atoms with Gasteiger partial charge in [-0.15, -0.1) is 0 Å². The Bertz CT molecular complexity index is 958. The molecule has 2 aromatic rings. The molecule has 1 N–H and O–H groups in total. The lowest BCUT2D eigenvalue weighted by atomic mass is 9.74. The highest BCUT2D eigenvalue weighted by Crippen LogP contribution is 2.40. The van der Waals surface area contributed by atoms with E-state index in [-0.39, 0.29) is 12.5 Å². The van der Waals surface area contributed by atoms with E-state index in [1.54, 1.807) is 12.1 Å². The monoisotopic (exact) mass is 338 g/mol. The number of hydrogen-bond donors (Lipinski definition) is 1. The Hall–Kier alpha value is -2.89. The molecule has 0 spiro atoms. The number of carbonyl (C=O) groups is 1. The van der Waals surface area contributed by atoms with Crippen molar-refractivity contribution < 1.29 is 13.9 Å². The quantitative estimate of drug-likeness (QED) is 0.528. The third-order valence-corrected chi connectivity index (χ3v) is 4.78. The van der Waals surface area contributed by atoms with Gasteiger partial charge >= 0.3 is 5.63 Å². The summed E-state index contributed by atoms with van der Waals surface area (Å²) in [7, 11) is 0. The maximum Gasteiger partial charge on any atom is 0.336 e. The van der Waals surface area contributed by atoms with Gasteiger partial charge in [-0.05, 0) is 43.4 Å². The molecule has 1 aromatic carbocycles. The van der Waals surface area contributed by atoms with Crippen LogP contribution >= 0.6 is 0 Å². The number of fused-ring (bicyclic) bond motifs is 2. The first-order valence-corrected chi connectivity index (χ1v) is 8.29. The predicted molar refractivity (Wildman–Crippen MR) is 93.6 cm³/mol. The second kappa shape index (κ2) is 6.20. The van der Waals surface area contributed by atoms with Crippen LogP contribution in [0.2, 0.25) is 0 Å². The molecule has 25 heavy (non-hydrogen) atoms. The smallest absolute Gasteiger partial charge is 0.336 e. The normalized spacial score (nSPS) is 22.7. The van der Waals surface area contributed by atoms with Crippen molar-refractivity contribution in [3.8, 4) is 5.75 Å². The van der Waals surface area contributed by atoms with E-state index in [0.29, 0.717) is 23.2 Å². The number of hydrogen-bond acceptors (Lipinski definition) is 5. The summed E-state index contributed by atoms with van der Waals surface area (Å²) in [6.45, 7) is 1.70. The molecule has 6 nitrogen and oxygen atoms in total. The van der Waals surface area contributed by atoms with Gasteiger partial charge in [0.1, 0.15) is 11.3 Å². The highest BCUT2D eigenvalue weighted by atomic mass is 16.5. The fraction of sp³-hybridized carbons (Fsp3) is 0.316.